The van der Waals surface area contributed by atoms with Crippen molar-refractivity contribution in [3.8, 4) is 11.3 Å². The molecule has 2 fully saturated rings. The fourth-order valence-corrected chi connectivity index (χ4v) is 5.35. The molecule has 2 aliphatic rings. The minimum absolute atomic E-state index is 0.131. The number of benzene rings is 2. The summed E-state index contributed by atoms with van der Waals surface area (Å²) in [4.78, 5) is 20.3. The zero-order chi connectivity index (χ0) is 24.4. The zero-order valence-electron chi connectivity index (χ0n) is 19.5. The van der Waals surface area contributed by atoms with Crippen molar-refractivity contribution in [1.29, 1.82) is 0 Å². The SMILES string of the molecule is O=C(c1ncn([C@H]2CCCC[C@H]2O)c1-c1ccccc1)N1CCNC[C@H]1Cc1ccc(F)c(F)c1. The third-order valence-electron chi connectivity index (χ3n) is 7.16. The van der Waals surface area contributed by atoms with E-state index in [0.717, 1.165) is 37.3 Å². The third kappa shape index (κ3) is 4.86. The average Bonchev–Trinajstić information content (AvgIpc) is 3.32. The Kier molecular flexibility index (Phi) is 6.92. The lowest BCUT2D eigenvalue weighted by Crippen LogP contribution is -2.54. The largest absolute Gasteiger partial charge is 0.391 e. The van der Waals surface area contributed by atoms with Crippen LogP contribution < -0.4 is 5.32 Å². The maximum absolute atomic E-state index is 13.9. The second-order valence-electron chi connectivity index (χ2n) is 9.44. The summed E-state index contributed by atoms with van der Waals surface area (Å²) in [5, 5.41) is 14.0. The first-order valence-electron chi connectivity index (χ1n) is 12.3. The molecule has 2 aromatic carbocycles. The Balaban J connectivity index is 1.49. The predicted octanol–water partition coefficient (Wildman–Crippen LogP) is 3.96. The minimum atomic E-state index is -0.889. The van der Waals surface area contributed by atoms with Gasteiger partial charge in [-0.25, -0.2) is 13.8 Å². The van der Waals surface area contributed by atoms with E-state index in [1.807, 2.05) is 34.9 Å². The summed E-state index contributed by atoms with van der Waals surface area (Å²) in [6.07, 6.45) is 5.17. The van der Waals surface area contributed by atoms with Gasteiger partial charge < -0.3 is 19.9 Å². The van der Waals surface area contributed by atoms with Gasteiger partial charge in [0, 0.05) is 31.2 Å². The molecule has 3 aromatic rings. The Labute approximate surface area is 203 Å². The molecule has 5 rings (SSSR count). The Hall–Kier alpha value is -3.10. The molecule has 0 radical (unpaired) electrons. The van der Waals surface area contributed by atoms with Gasteiger partial charge in [-0.1, -0.05) is 49.2 Å². The number of imidazole rings is 1. The van der Waals surface area contributed by atoms with Crippen LogP contribution in [0, 0.1) is 11.6 Å². The number of nitrogens with one attached hydrogen (secondary N) is 1. The number of aliphatic hydroxyl groups excluding tert-OH is 1. The van der Waals surface area contributed by atoms with Crippen LogP contribution in [-0.4, -0.2) is 57.2 Å². The molecule has 1 saturated heterocycles. The van der Waals surface area contributed by atoms with Gasteiger partial charge in [-0.15, -0.1) is 0 Å². The van der Waals surface area contributed by atoms with Gasteiger partial charge >= 0.3 is 0 Å². The van der Waals surface area contributed by atoms with Crippen LogP contribution in [0.4, 0.5) is 8.78 Å². The summed E-state index contributed by atoms with van der Waals surface area (Å²) in [6.45, 7) is 1.68. The molecule has 2 heterocycles. The minimum Gasteiger partial charge on any atom is -0.391 e. The number of aliphatic hydroxyl groups is 1. The van der Waals surface area contributed by atoms with Crippen molar-refractivity contribution < 1.29 is 18.7 Å². The van der Waals surface area contributed by atoms with Crippen LogP contribution in [0.25, 0.3) is 11.3 Å². The smallest absolute Gasteiger partial charge is 0.275 e. The average molecular weight is 481 g/mol. The molecule has 184 valence electrons. The van der Waals surface area contributed by atoms with E-state index in [9.17, 15) is 18.7 Å². The molecule has 1 saturated carbocycles. The quantitative estimate of drug-likeness (QED) is 0.580. The lowest BCUT2D eigenvalue weighted by atomic mass is 9.92. The van der Waals surface area contributed by atoms with Crippen LogP contribution in [0.3, 0.4) is 0 Å². The Morgan fingerprint density at radius 2 is 1.89 bits per heavy atom. The summed E-state index contributed by atoms with van der Waals surface area (Å²) in [5.41, 5.74) is 2.57. The van der Waals surface area contributed by atoms with Crippen molar-refractivity contribution in [3.05, 3.63) is 77.8 Å². The fourth-order valence-electron chi connectivity index (χ4n) is 5.35. The highest BCUT2D eigenvalue weighted by molar-refractivity contribution is 5.98. The van der Waals surface area contributed by atoms with Crippen molar-refractivity contribution in [3.63, 3.8) is 0 Å². The number of hydrogen-bond donors (Lipinski definition) is 2. The van der Waals surface area contributed by atoms with Gasteiger partial charge in [-0.3, -0.25) is 4.79 Å². The predicted molar refractivity (Wildman–Crippen MR) is 129 cm³/mol. The van der Waals surface area contributed by atoms with Crippen molar-refractivity contribution >= 4 is 5.91 Å². The number of carbonyl (C=O) groups is 1. The van der Waals surface area contributed by atoms with Crippen molar-refractivity contribution in [2.24, 2.45) is 0 Å². The molecule has 3 atom stereocenters. The topological polar surface area (TPSA) is 70.4 Å². The maximum Gasteiger partial charge on any atom is 0.275 e. The first kappa shape index (κ1) is 23.6. The Morgan fingerprint density at radius 3 is 2.66 bits per heavy atom. The first-order valence-corrected chi connectivity index (χ1v) is 12.3. The molecule has 35 heavy (non-hydrogen) atoms. The molecular formula is C27H30F2N4O2. The summed E-state index contributed by atoms with van der Waals surface area (Å²) < 4.78 is 29.2. The number of hydrogen-bond acceptors (Lipinski definition) is 4. The normalized spacial score (nSPS) is 22.8. The van der Waals surface area contributed by atoms with Crippen LogP contribution >= 0.6 is 0 Å². The van der Waals surface area contributed by atoms with E-state index < -0.39 is 17.7 Å². The van der Waals surface area contributed by atoms with Crippen LogP contribution in [0.2, 0.25) is 0 Å². The van der Waals surface area contributed by atoms with Gasteiger partial charge in [0.05, 0.1) is 24.2 Å². The molecule has 0 bridgehead atoms. The number of rotatable bonds is 5. The van der Waals surface area contributed by atoms with Gasteiger partial charge in [-0.05, 0) is 37.0 Å². The number of carbonyl (C=O) groups excluding carboxylic acids is 1. The number of aromatic nitrogens is 2. The van der Waals surface area contributed by atoms with E-state index in [4.69, 9.17) is 0 Å². The van der Waals surface area contributed by atoms with Crippen molar-refractivity contribution in [1.82, 2.24) is 19.8 Å². The number of nitrogens with zero attached hydrogens (tertiary/aromatic N) is 3. The molecule has 1 amide bonds. The van der Waals surface area contributed by atoms with E-state index in [2.05, 4.69) is 10.3 Å². The van der Waals surface area contributed by atoms with Gasteiger partial charge in [0.15, 0.2) is 17.3 Å². The van der Waals surface area contributed by atoms with Crippen LogP contribution in [0.1, 0.15) is 47.8 Å². The first-order chi connectivity index (χ1) is 17.0. The van der Waals surface area contributed by atoms with Gasteiger partial charge in [-0.2, -0.15) is 0 Å². The summed E-state index contributed by atoms with van der Waals surface area (Å²) in [6, 6.07) is 13.2. The molecular weight excluding hydrogens is 450 g/mol. The molecule has 0 spiro atoms. The van der Waals surface area contributed by atoms with E-state index in [1.165, 1.54) is 6.07 Å². The lowest BCUT2D eigenvalue weighted by Gasteiger charge is -2.36. The third-order valence-corrected chi connectivity index (χ3v) is 7.16. The number of halogens is 2. The van der Waals surface area contributed by atoms with Crippen LogP contribution in [0.15, 0.2) is 54.9 Å². The molecule has 8 heteroatoms. The maximum atomic E-state index is 13.9. The number of amides is 1. The molecule has 6 nitrogen and oxygen atoms in total. The van der Waals surface area contributed by atoms with Crippen molar-refractivity contribution in [2.45, 2.75) is 50.3 Å². The molecule has 1 aliphatic carbocycles. The van der Waals surface area contributed by atoms with E-state index >= 15 is 0 Å². The van der Waals surface area contributed by atoms with E-state index in [0.29, 0.717) is 43.0 Å². The second-order valence-corrected chi connectivity index (χ2v) is 9.44. The number of piperazine rings is 1. The van der Waals surface area contributed by atoms with E-state index in [1.54, 1.807) is 17.3 Å². The standard InChI is InChI=1S/C27H30F2N4O2/c28-21-11-10-18(15-22(21)29)14-20-16-30-12-13-32(20)27(35)25-26(19-6-2-1-3-7-19)33(17-31-25)23-8-4-5-9-24(23)34/h1-3,6-7,10-11,15,17,20,23-24,30,34H,4-5,8-9,12-14,16H2/t20-,23+,24-/m1/s1. The zero-order valence-corrected chi connectivity index (χ0v) is 19.5. The summed E-state index contributed by atoms with van der Waals surface area (Å²) in [7, 11) is 0. The highest BCUT2D eigenvalue weighted by atomic mass is 19.2. The van der Waals surface area contributed by atoms with Crippen LogP contribution in [0.5, 0.6) is 0 Å². The molecule has 2 N–H and O–H groups in total. The van der Waals surface area contributed by atoms with Gasteiger partial charge in [0.25, 0.3) is 5.91 Å². The van der Waals surface area contributed by atoms with Gasteiger partial charge in [0.2, 0.25) is 0 Å². The van der Waals surface area contributed by atoms with Gasteiger partial charge in [0.1, 0.15) is 0 Å². The second kappa shape index (κ2) is 10.3. The highest BCUT2D eigenvalue weighted by Crippen LogP contribution is 2.35. The molecule has 1 aliphatic heterocycles. The molecule has 0 unspecified atom stereocenters. The van der Waals surface area contributed by atoms with Crippen LogP contribution in [-0.2, 0) is 6.42 Å². The fraction of sp³-hybridized carbons (Fsp3) is 0.407. The Morgan fingerprint density at radius 1 is 1.09 bits per heavy atom. The Bertz CT molecular complexity index is 1180. The molecule has 1 aromatic heterocycles. The van der Waals surface area contributed by atoms with Crippen molar-refractivity contribution in [2.75, 3.05) is 19.6 Å². The lowest BCUT2D eigenvalue weighted by molar-refractivity contribution is 0.0628. The monoisotopic (exact) mass is 480 g/mol. The summed E-state index contributed by atoms with van der Waals surface area (Å²) in [5.74, 6) is -1.96. The summed E-state index contributed by atoms with van der Waals surface area (Å²) >= 11 is 0. The van der Waals surface area contributed by atoms with E-state index in [-0.39, 0.29) is 18.0 Å². The highest BCUT2D eigenvalue weighted by Gasteiger charge is 2.34.